The zero-order chi connectivity index (χ0) is 15.1. The lowest BCUT2D eigenvalue weighted by Gasteiger charge is -2.06. The van der Waals surface area contributed by atoms with Crippen molar-refractivity contribution in [3.05, 3.63) is 41.7 Å². The lowest BCUT2D eigenvalue weighted by molar-refractivity contribution is 0.0944. The van der Waals surface area contributed by atoms with Crippen LogP contribution in [0, 0.1) is 11.8 Å². The minimum absolute atomic E-state index is 0.232. The average Bonchev–Trinajstić information content (AvgIpc) is 2.98. The molecule has 0 fully saturated rings. The molecule has 3 N–H and O–H groups in total. The number of carbonyl (C=O) groups excluding carboxylic acids is 1. The van der Waals surface area contributed by atoms with Crippen LogP contribution in [0.1, 0.15) is 28.8 Å². The average molecular weight is 284 g/mol. The second kappa shape index (κ2) is 7.17. The molecule has 2 aromatic heterocycles. The molecule has 0 aliphatic carbocycles. The van der Waals surface area contributed by atoms with Crippen molar-refractivity contribution >= 4 is 5.91 Å². The van der Waals surface area contributed by atoms with Gasteiger partial charge in [-0.25, -0.2) is 4.98 Å². The Morgan fingerprint density at radius 2 is 2.38 bits per heavy atom. The highest BCUT2D eigenvalue weighted by molar-refractivity contribution is 5.94. The summed E-state index contributed by atoms with van der Waals surface area (Å²) in [6.45, 7) is 3.24. The third-order valence-electron chi connectivity index (χ3n) is 2.79. The molecule has 7 nitrogen and oxygen atoms in total. The molecule has 7 heteroatoms. The van der Waals surface area contributed by atoms with Gasteiger partial charge in [0.2, 0.25) is 0 Å². The largest absolute Gasteiger partial charge is 0.343 e. The lowest BCUT2D eigenvalue weighted by atomic mass is 10.2. The maximum absolute atomic E-state index is 12.2. The van der Waals surface area contributed by atoms with E-state index in [2.05, 4.69) is 32.3 Å². The maximum atomic E-state index is 12.2. The topological polar surface area (TPSA) is 98.7 Å². The van der Waals surface area contributed by atoms with E-state index in [4.69, 9.17) is 5.73 Å². The van der Waals surface area contributed by atoms with E-state index in [1.807, 2.05) is 11.5 Å². The van der Waals surface area contributed by atoms with Gasteiger partial charge in [-0.05, 0) is 19.1 Å². The van der Waals surface area contributed by atoms with Gasteiger partial charge in [0.1, 0.15) is 12.0 Å². The summed E-state index contributed by atoms with van der Waals surface area (Å²) in [6.07, 6.45) is 3.18. The van der Waals surface area contributed by atoms with Gasteiger partial charge in [0.25, 0.3) is 5.91 Å². The maximum Gasteiger partial charge on any atom is 0.271 e. The van der Waals surface area contributed by atoms with E-state index in [1.165, 1.54) is 0 Å². The van der Waals surface area contributed by atoms with Crippen LogP contribution in [-0.2, 0) is 13.1 Å². The highest BCUT2D eigenvalue weighted by Crippen LogP contribution is 2.04. The van der Waals surface area contributed by atoms with Gasteiger partial charge < -0.3 is 15.6 Å². The number of aryl methyl sites for hydroxylation is 1. The number of carbonyl (C=O) groups is 1. The van der Waals surface area contributed by atoms with Gasteiger partial charge >= 0.3 is 0 Å². The SMILES string of the molecule is CCn1cnnc1CNC(=O)c1ncccc1C#CCN. The second-order valence-electron chi connectivity index (χ2n) is 4.12. The van der Waals surface area contributed by atoms with Gasteiger partial charge in [-0.15, -0.1) is 10.2 Å². The number of pyridine rings is 1. The first-order valence-corrected chi connectivity index (χ1v) is 6.55. The molecule has 0 atom stereocenters. The monoisotopic (exact) mass is 284 g/mol. The Balaban J connectivity index is 2.10. The second-order valence-corrected chi connectivity index (χ2v) is 4.12. The molecule has 0 unspecified atom stereocenters. The Labute approximate surface area is 122 Å². The molecule has 21 heavy (non-hydrogen) atoms. The summed E-state index contributed by atoms with van der Waals surface area (Å²) in [7, 11) is 0. The van der Waals surface area contributed by atoms with Crippen molar-refractivity contribution in [2.45, 2.75) is 20.0 Å². The van der Waals surface area contributed by atoms with Gasteiger partial charge in [-0.2, -0.15) is 0 Å². The summed E-state index contributed by atoms with van der Waals surface area (Å²) in [4.78, 5) is 16.3. The van der Waals surface area contributed by atoms with Crippen molar-refractivity contribution < 1.29 is 4.79 Å². The zero-order valence-electron chi connectivity index (χ0n) is 11.7. The van der Waals surface area contributed by atoms with Gasteiger partial charge in [-0.3, -0.25) is 4.79 Å². The molecule has 2 rings (SSSR count). The van der Waals surface area contributed by atoms with Gasteiger partial charge in [-0.1, -0.05) is 11.8 Å². The number of hydrogen-bond acceptors (Lipinski definition) is 5. The lowest BCUT2D eigenvalue weighted by Crippen LogP contribution is -2.26. The Hall–Kier alpha value is -2.72. The molecule has 0 aromatic carbocycles. The van der Waals surface area contributed by atoms with E-state index in [0.717, 1.165) is 6.54 Å². The van der Waals surface area contributed by atoms with Gasteiger partial charge in [0, 0.05) is 12.7 Å². The van der Waals surface area contributed by atoms with Crippen LogP contribution in [0.4, 0.5) is 0 Å². The van der Waals surface area contributed by atoms with E-state index in [1.54, 1.807) is 24.7 Å². The highest BCUT2D eigenvalue weighted by Gasteiger charge is 2.12. The minimum Gasteiger partial charge on any atom is -0.343 e. The van der Waals surface area contributed by atoms with Crippen molar-refractivity contribution in [2.75, 3.05) is 6.54 Å². The van der Waals surface area contributed by atoms with Crippen molar-refractivity contribution in [3.63, 3.8) is 0 Å². The molecule has 2 aromatic rings. The van der Waals surface area contributed by atoms with Crippen LogP contribution in [-0.4, -0.2) is 32.2 Å². The molecule has 0 spiro atoms. The Morgan fingerprint density at radius 3 is 3.14 bits per heavy atom. The predicted octanol–water partition coefficient (Wildman–Crippen LogP) is -0.0668. The van der Waals surface area contributed by atoms with Crippen molar-refractivity contribution in [3.8, 4) is 11.8 Å². The van der Waals surface area contributed by atoms with Crippen LogP contribution in [0.15, 0.2) is 24.7 Å². The minimum atomic E-state index is -0.303. The number of amides is 1. The molecular weight excluding hydrogens is 268 g/mol. The molecule has 0 saturated heterocycles. The molecule has 0 aliphatic rings. The Bertz CT molecular complexity index is 682. The molecule has 2 heterocycles. The first-order chi connectivity index (χ1) is 10.3. The fourth-order valence-electron chi connectivity index (χ4n) is 1.76. The molecule has 0 radical (unpaired) electrons. The van der Waals surface area contributed by atoms with Crippen LogP contribution < -0.4 is 11.1 Å². The van der Waals surface area contributed by atoms with Crippen molar-refractivity contribution in [2.24, 2.45) is 5.73 Å². The van der Waals surface area contributed by atoms with Crippen LogP contribution in [0.5, 0.6) is 0 Å². The summed E-state index contributed by atoms with van der Waals surface area (Å²) in [6, 6.07) is 3.46. The normalized spacial score (nSPS) is 9.81. The number of hydrogen-bond donors (Lipinski definition) is 2. The fraction of sp³-hybridized carbons (Fsp3) is 0.286. The van der Waals surface area contributed by atoms with E-state index in [-0.39, 0.29) is 24.7 Å². The number of nitrogens with zero attached hydrogens (tertiary/aromatic N) is 4. The molecule has 0 bridgehead atoms. The number of aromatic nitrogens is 4. The first-order valence-electron chi connectivity index (χ1n) is 6.55. The molecule has 0 saturated carbocycles. The summed E-state index contributed by atoms with van der Waals surface area (Å²) in [5.74, 6) is 5.95. The van der Waals surface area contributed by atoms with E-state index >= 15 is 0 Å². The summed E-state index contributed by atoms with van der Waals surface area (Å²) in [5, 5.41) is 10.5. The van der Waals surface area contributed by atoms with Gasteiger partial charge in [0.15, 0.2) is 5.82 Å². The van der Waals surface area contributed by atoms with E-state index < -0.39 is 0 Å². The van der Waals surface area contributed by atoms with Crippen molar-refractivity contribution in [1.29, 1.82) is 0 Å². The highest BCUT2D eigenvalue weighted by atomic mass is 16.1. The van der Waals surface area contributed by atoms with Crippen LogP contribution >= 0.6 is 0 Å². The van der Waals surface area contributed by atoms with E-state index in [0.29, 0.717) is 11.4 Å². The first kappa shape index (κ1) is 14.7. The predicted molar refractivity (Wildman–Crippen MR) is 77.0 cm³/mol. The smallest absolute Gasteiger partial charge is 0.271 e. The van der Waals surface area contributed by atoms with E-state index in [9.17, 15) is 4.79 Å². The molecule has 1 amide bonds. The van der Waals surface area contributed by atoms with Crippen molar-refractivity contribution in [1.82, 2.24) is 25.1 Å². The molecular formula is C14H16N6O. The van der Waals surface area contributed by atoms with Crippen LogP contribution in [0.3, 0.4) is 0 Å². The quantitative estimate of drug-likeness (QED) is 0.766. The van der Waals surface area contributed by atoms with Crippen LogP contribution in [0.2, 0.25) is 0 Å². The Morgan fingerprint density at radius 1 is 1.52 bits per heavy atom. The molecule has 0 aliphatic heterocycles. The number of rotatable bonds is 4. The zero-order valence-corrected chi connectivity index (χ0v) is 11.7. The third-order valence-corrected chi connectivity index (χ3v) is 2.79. The number of nitrogens with one attached hydrogen (secondary N) is 1. The Kier molecular flexibility index (Phi) is 5.01. The summed E-state index contributed by atoms with van der Waals surface area (Å²) in [5.41, 5.74) is 6.18. The molecule has 108 valence electrons. The van der Waals surface area contributed by atoms with Crippen LogP contribution in [0.25, 0.3) is 0 Å². The summed E-state index contributed by atoms with van der Waals surface area (Å²) >= 11 is 0. The fourth-order valence-corrected chi connectivity index (χ4v) is 1.76. The summed E-state index contributed by atoms with van der Waals surface area (Å²) < 4.78 is 1.86. The number of nitrogens with two attached hydrogens (primary N) is 1. The standard InChI is InChI=1S/C14H16N6O/c1-2-20-10-18-19-12(20)9-17-14(21)13-11(5-3-7-15)6-4-8-16-13/h4,6,8,10H,2,7,9,15H2,1H3,(H,17,21). The third kappa shape index (κ3) is 3.64. The van der Waals surface area contributed by atoms with Gasteiger partial charge in [0.05, 0.1) is 18.7 Å².